The number of allylic oxidation sites excluding steroid dienone is 3. The molecule has 0 aliphatic heterocycles. The molecule has 0 saturated heterocycles. The van der Waals surface area contributed by atoms with Crippen molar-refractivity contribution < 1.29 is 13.2 Å². The molecule has 5 heteroatoms. The number of thioether (sulfide) groups is 1. The molecule has 0 heterocycles. The van der Waals surface area contributed by atoms with E-state index >= 15 is 0 Å². The van der Waals surface area contributed by atoms with Gasteiger partial charge in [-0.05, 0) is 67.0 Å². The third kappa shape index (κ3) is 7.27. The maximum absolute atomic E-state index is 12.6. The van der Waals surface area contributed by atoms with Gasteiger partial charge in [0.25, 0.3) is 0 Å². The summed E-state index contributed by atoms with van der Waals surface area (Å²) in [5, 5.41) is 1.48. The van der Waals surface area contributed by atoms with Crippen LogP contribution in [-0.2, 0) is 11.9 Å². The van der Waals surface area contributed by atoms with Gasteiger partial charge in [0.1, 0.15) is 0 Å². The standard InChI is InChI=1S/C24H24ClF3S/c25-22-13-7-20(8-14-22)17-29-23-15-9-19(10-16-23)4-2-1-3-18-5-11-21(12-6-18)24(26,27)28/h1-8,11-14,19,23H,9-10,15-17H2/b3-1+,4-2+. The van der Waals surface area contributed by atoms with Crippen LogP contribution in [-0.4, -0.2) is 5.25 Å². The van der Waals surface area contributed by atoms with Crippen LogP contribution >= 0.6 is 23.4 Å². The lowest BCUT2D eigenvalue weighted by Gasteiger charge is -2.26. The second-order valence-electron chi connectivity index (χ2n) is 7.34. The summed E-state index contributed by atoms with van der Waals surface area (Å²) in [6, 6.07) is 13.3. The highest BCUT2D eigenvalue weighted by atomic mass is 35.5. The number of rotatable bonds is 6. The normalized spacial score (nSPS) is 20.6. The van der Waals surface area contributed by atoms with Crippen molar-refractivity contribution in [1.29, 1.82) is 0 Å². The van der Waals surface area contributed by atoms with Gasteiger partial charge in [-0.15, -0.1) is 0 Å². The van der Waals surface area contributed by atoms with E-state index in [4.69, 9.17) is 11.6 Å². The Balaban J connectivity index is 1.39. The average Bonchev–Trinajstić information content (AvgIpc) is 2.71. The van der Waals surface area contributed by atoms with Crippen LogP contribution in [0.2, 0.25) is 5.02 Å². The second kappa shape index (κ2) is 10.4. The first-order chi connectivity index (χ1) is 13.9. The van der Waals surface area contributed by atoms with Crippen LogP contribution in [0.25, 0.3) is 6.08 Å². The minimum atomic E-state index is -4.28. The monoisotopic (exact) mass is 436 g/mol. The highest BCUT2D eigenvalue weighted by molar-refractivity contribution is 7.99. The first-order valence-electron chi connectivity index (χ1n) is 9.78. The van der Waals surface area contributed by atoms with Crippen LogP contribution < -0.4 is 0 Å². The lowest BCUT2D eigenvalue weighted by atomic mass is 9.88. The van der Waals surface area contributed by atoms with Gasteiger partial charge < -0.3 is 0 Å². The van der Waals surface area contributed by atoms with Gasteiger partial charge in [0, 0.05) is 16.0 Å². The summed E-state index contributed by atoms with van der Waals surface area (Å²) in [6.45, 7) is 0. The van der Waals surface area contributed by atoms with Crippen molar-refractivity contribution in [3.63, 3.8) is 0 Å². The summed E-state index contributed by atoms with van der Waals surface area (Å²) < 4.78 is 37.7. The quantitative estimate of drug-likeness (QED) is 0.409. The van der Waals surface area contributed by atoms with Crippen molar-refractivity contribution in [1.82, 2.24) is 0 Å². The van der Waals surface area contributed by atoms with Crippen molar-refractivity contribution in [3.05, 3.63) is 88.5 Å². The van der Waals surface area contributed by atoms with Gasteiger partial charge in [0.15, 0.2) is 0 Å². The predicted molar refractivity (Wildman–Crippen MR) is 118 cm³/mol. The van der Waals surface area contributed by atoms with Crippen LogP contribution in [0.1, 0.15) is 42.4 Å². The zero-order valence-electron chi connectivity index (χ0n) is 16.0. The van der Waals surface area contributed by atoms with E-state index in [-0.39, 0.29) is 0 Å². The van der Waals surface area contributed by atoms with Crippen LogP contribution in [0, 0.1) is 5.92 Å². The summed E-state index contributed by atoms with van der Waals surface area (Å²) in [5.41, 5.74) is 1.47. The van der Waals surface area contributed by atoms with E-state index in [0.29, 0.717) is 11.2 Å². The van der Waals surface area contributed by atoms with E-state index in [9.17, 15) is 13.2 Å². The van der Waals surface area contributed by atoms with E-state index in [1.165, 1.54) is 43.4 Å². The van der Waals surface area contributed by atoms with Crippen molar-refractivity contribution in [3.8, 4) is 0 Å². The lowest BCUT2D eigenvalue weighted by molar-refractivity contribution is -0.137. The van der Waals surface area contributed by atoms with Gasteiger partial charge in [-0.25, -0.2) is 0 Å². The zero-order chi connectivity index (χ0) is 20.7. The van der Waals surface area contributed by atoms with E-state index in [1.54, 1.807) is 0 Å². The SMILES string of the molecule is FC(F)(F)c1ccc(/C=C/C=C/C2CCC(SCc3ccc(Cl)cc3)CC2)cc1. The van der Waals surface area contributed by atoms with E-state index < -0.39 is 11.7 Å². The Morgan fingerprint density at radius 1 is 0.897 bits per heavy atom. The molecule has 1 saturated carbocycles. The fraction of sp³-hybridized carbons (Fsp3) is 0.333. The number of hydrogen-bond donors (Lipinski definition) is 0. The first kappa shape index (κ1) is 22.0. The Hall–Kier alpha value is -1.65. The molecule has 3 rings (SSSR count). The molecule has 29 heavy (non-hydrogen) atoms. The number of halogens is 4. The molecular weight excluding hydrogens is 413 g/mol. The predicted octanol–water partition coefficient (Wildman–Crippen LogP) is 8.42. The first-order valence-corrected chi connectivity index (χ1v) is 11.2. The molecule has 0 atom stereocenters. The van der Waals surface area contributed by atoms with Gasteiger partial charge in [0.05, 0.1) is 5.56 Å². The Bertz CT molecular complexity index is 815. The van der Waals surface area contributed by atoms with Crippen molar-refractivity contribution in [2.75, 3.05) is 0 Å². The molecule has 1 aliphatic carbocycles. The molecule has 0 radical (unpaired) electrons. The van der Waals surface area contributed by atoms with Gasteiger partial charge in [0.2, 0.25) is 0 Å². The molecule has 2 aromatic rings. The fourth-order valence-electron chi connectivity index (χ4n) is 3.41. The van der Waals surface area contributed by atoms with Gasteiger partial charge >= 0.3 is 6.18 Å². The second-order valence-corrected chi connectivity index (χ2v) is 9.06. The molecule has 0 nitrogen and oxygen atoms in total. The Kier molecular flexibility index (Phi) is 7.91. The molecule has 0 spiro atoms. The molecule has 0 aromatic heterocycles. The minimum absolute atomic E-state index is 0.583. The maximum atomic E-state index is 12.6. The molecule has 2 aromatic carbocycles. The minimum Gasteiger partial charge on any atom is -0.166 e. The summed E-state index contributed by atoms with van der Waals surface area (Å²) >= 11 is 7.95. The van der Waals surface area contributed by atoms with Gasteiger partial charge in [-0.3, -0.25) is 0 Å². The largest absolute Gasteiger partial charge is 0.416 e. The van der Waals surface area contributed by atoms with Crippen LogP contribution in [0.5, 0.6) is 0 Å². The van der Waals surface area contributed by atoms with Crippen LogP contribution in [0.15, 0.2) is 66.8 Å². The van der Waals surface area contributed by atoms with Crippen LogP contribution in [0.4, 0.5) is 13.2 Å². The smallest absolute Gasteiger partial charge is 0.166 e. The van der Waals surface area contributed by atoms with Crippen molar-refractivity contribution in [2.24, 2.45) is 5.92 Å². The zero-order valence-corrected chi connectivity index (χ0v) is 17.6. The Labute approximate surface area is 179 Å². The summed E-state index contributed by atoms with van der Waals surface area (Å²) in [7, 11) is 0. The molecule has 0 amide bonds. The summed E-state index contributed by atoms with van der Waals surface area (Å²) in [5.74, 6) is 1.61. The Morgan fingerprint density at radius 2 is 1.55 bits per heavy atom. The highest BCUT2D eigenvalue weighted by Gasteiger charge is 2.29. The lowest BCUT2D eigenvalue weighted by Crippen LogP contribution is -2.14. The Morgan fingerprint density at radius 3 is 2.17 bits per heavy atom. The van der Waals surface area contributed by atoms with Gasteiger partial charge in [-0.2, -0.15) is 24.9 Å². The maximum Gasteiger partial charge on any atom is 0.416 e. The third-order valence-electron chi connectivity index (χ3n) is 5.14. The molecule has 0 unspecified atom stereocenters. The average molecular weight is 437 g/mol. The molecule has 0 bridgehead atoms. The van der Waals surface area contributed by atoms with E-state index in [2.05, 4.69) is 18.2 Å². The van der Waals surface area contributed by atoms with Crippen molar-refractivity contribution >= 4 is 29.4 Å². The molecule has 154 valence electrons. The van der Waals surface area contributed by atoms with Crippen LogP contribution in [0.3, 0.4) is 0 Å². The van der Waals surface area contributed by atoms with E-state index in [0.717, 1.165) is 28.5 Å². The molecule has 1 aliphatic rings. The van der Waals surface area contributed by atoms with E-state index in [1.807, 2.05) is 42.1 Å². The third-order valence-corrected chi connectivity index (χ3v) is 6.83. The molecular formula is C24H24ClF3S. The topological polar surface area (TPSA) is 0 Å². The molecule has 0 N–H and O–H groups in total. The molecule has 1 fully saturated rings. The highest BCUT2D eigenvalue weighted by Crippen LogP contribution is 2.34. The fourth-order valence-corrected chi connectivity index (χ4v) is 4.77. The number of benzene rings is 2. The van der Waals surface area contributed by atoms with Gasteiger partial charge in [-0.1, -0.05) is 60.2 Å². The summed E-state index contributed by atoms with van der Waals surface area (Å²) in [4.78, 5) is 0. The number of alkyl halides is 3. The summed E-state index contributed by atoms with van der Waals surface area (Å²) in [6.07, 6.45) is 8.50. The van der Waals surface area contributed by atoms with Crippen molar-refractivity contribution in [2.45, 2.75) is 42.9 Å². The number of hydrogen-bond acceptors (Lipinski definition) is 1.